The van der Waals surface area contributed by atoms with E-state index in [-0.39, 0.29) is 17.9 Å². The van der Waals surface area contributed by atoms with E-state index in [1.54, 1.807) is 0 Å². The first-order chi connectivity index (χ1) is 11.7. The number of amides is 2. The van der Waals surface area contributed by atoms with Crippen LogP contribution in [0.15, 0.2) is 28.7 Å². The summed E-state index contributed by atoms with van der Waals surface area (Å²) in [6.45, 7) is 9.87. The number of aryl methyl sites for hydroxylation is 1. The molecule has 25 heavy (non-hydrogen) atoms. The number of carbonyl (C=O) groups excluding carboxylic acids is 2. The van der Waals surface area contributed by atoms with E-state index in [9.17, 15) is 9.59 Å². The number of benzene rings is 1. The van der Waals surface area contributed by atoms with E-state index in [2.05, 4.69) is 19.2 Å². The lowest BCUT2D eigenvalue weighted by Crippen LogP contribution is -2.43. The van der Waals surface area contributed by atoms with E-state index >= 15 is 0 Å². The molecule has 1 aromatic carbocycles. The van der Waals surface area contributed by atoms with Crippen molar-refractivity contribution in [3.05, 3.63) is 39.8 Å². The molecular formula is C19H26N2O3S. The van der Waals surface area contributed by atoms with E-state index in [1.807, 2.05) is 39.0 Å². The predicted octanol–water partition coefficient (Wildman–Crippen LogP) is 3.08. The molecule has 3 N–H and O–H groups in total. The maximum absolute atomic E-state index is 12.3. The molecule has 0 radical (unpaired) electrons. The van der Waals surface area contributed by atoms with Gasteiger partial charge in [-0.15, -0.1) is 11.8 Å². The van der Waals surface area contributed by atoms with Gasteiger partial charge in [0.25, 0.3) is 5.91 Å². The van der Waals surface area contributed by atoms with Crippen molar-refractivity contribution in [1.82, 2.24) is 5.32 Å². The van der Waals surface area contributed by atoms with Crippen LogP contribution in [0.3, 0.4) is 0 Å². The Morgan fingerprint density at radius 2 is 1.96 bits per heavy atom. The van der Waals surface area contributed by atoms with Crippen LogP contribution in [-0.2, 0) is 9.59 Å². The van der Waals surface area contributed by atoms with Crippen LogP contribution in [0.25, 0.3) is 0 Å². The number of thioether (sulfide) groups is 1. The second kappa shape index (κ2) is 7.95. The van der Waals surface area contributed by atoms with Crippen molar-refractivity contribution in [2.75, 3.05) is 6.61 Å². The van der Waals surface area contributed by atoms with Crippen molar-refractivity contribution < 1.29 is 14.3 Å². The molecule has 1 aromatic rings. The number of nitrogens with one attached hydrogen (secondary N) is 1. The molecule has 0 bridgehead atoms. The minimum atomic E-state index is -0.473. The minimum Gasteiger partial charge on any atom is -0.483 e. The Hall–Kier alpha value is -1.95. The highest BCUT2D eigenvalue weighted by Crippen LogP contribution is 2.40. The molecule has 0 aliphatic carbocycles. The van der Waals surface area contributed by atoms with Gasteiger partial charge in [0.2, 0.25) is 5.91 Å². The smallest absolute Gasteiger partial charge is 0.258 e. The summed E-state index contributed by atoms with van der Waals surface area (Å²) in [5, 5.41) is 2.50. The largest absolute Gasteiger partial charge is 0.483 e. The summed E-state index contributed by atoms with van der Waals surface area (Å²) in [6, 6.07) is 6.00. The van der Waals surface area contributed by atoms with Gasteiger partial charge in [0.15, 0.2) is 6.61 Å². The second-order valence-corrected chi connectivity index (χ2v) is 8.07. The van der Waals surface area contributed by atoms with Crippen LogP contribution < -0.4 is 15.8 Å². The number of allylic oxidation sites excluding steroid dienone is 1. The third-order valence-electron chi connectivity index (χ3n) is 4.39. The fraction of sp³-hybridized carbons (Fsp3) is 0.474. The van der Waals surface area contributed by atoms with Gasteiger partial charge in [-0.2, -0.15) is 0 Å². The number of hydrogen-bond acceptors (Lipinski definition) is 4. The van der Waals surface area contributed by atoms with E-state index < -0.39 is 11.8 Å². The highest BCUT2D eigenvalue weighted by molar-refractivity contribution is 8.03. The standard InChI is InChI=1S/C19H26N2O3S/c1-10(2)14-7-6-11(3)8-15(14)24-9-16(22)21-19-17(18(20)23)12(4)13(5)25-19/h6-8,10,17,19H,9H2,1-5H3,(H2,20,23)(H,21,22). The minimum absolute atomic E-state index is 0.0934. The molecule has 5 nitrogen and oxygen atoms in total. The summed E-state index contributed by atoms with van der Waals surface area (Å²) in [5.41, 5.74) is 8.55. The molecular weight excluding hydrogens is 336 g/mol. The van der Waals surface area contributed by atoms with Crippen LogP contribution in [0.5, 0.6) is 5.75 Å². The van der Waals surface area contributed by atoms with Gasteiger partial charge in [-0.05, 0) is 54.4 Å². The molecule has 0 saturated carbocycles. The molecule has 0 spiro atoms. The van der Waals surface area contributed by atoms with Crippen molar-refractivity contribution in [1.29, 1.82) is 0 Å². The Labute approximate surface area is 153 Å². The summed E-state index contributed by atoms with van der Waals surface area (Å²) in [6.07, 6.45) is 0. The first-order valence-electron chi connectivity index (χ1n) is 8.36. The van der Waals surface area contributed by atoms with Gasteiger partial charge in [0, 0.05) is 0 Å². The molecule has 0 fully saturated rings. The average molecular weight is 362 g/mol. The Balaban J connectivity index is 2.00. The summed E-state index contributed by atoms with van der Waals surface area (Å²) in [7, 11) is 0. The zero-order chi connectivity index (χ0) is 18.7. The van der Waals surface area contributed by atoms with Gasteiger partial charge in [-0.25, -0.2) is 0 Å². The van der Waals surface area contributed by atoms with Gasteiger partial charge in [-0.3, -0.25) is 9.59 Å². The highest BCUT2D eigenvalue weighted by atomic mass is 32.2. The number of hydrogen-bond donors (Lipinski definition) is 2. The van der Waals surface area contributed by atoms with Gasteiger partial charge < -0.3 is 15.8 Å². The van der Waals surface area contributed by atoms with E-state index in [0.29, 0.717) is 5.92 Å². The molecule has 2 unspecified atom stereocenters. The summed E-state index contributed by atoms with van der Waals surface area (Å²) >= 11 is 1.46. The molecule has 136 valence electrons. The lowest BCUT2D eigenvalue weighted by atomic mass is 9.99. The van der Waals surface area contributed by atoms with Gasteiger partial charge in [0.1, 0.15) is 5.75 Å². The Morgan fingerprint density at radius 1 is 1.28 bits per heavy atom. The number of ether oxygens (including phenoxy) is 1. The van der Waals surface area contributed by atoms with Crippen LogP contribution in [0.1, 0.15) is 44.7 Å². The van der Waals surface area contributed by atoms with Crippen LogP contribution in [0, 0.1) is 12.8 Å². The third kappa shape index (κ3) is 4.57. The van der Waals surface area contributed by atoms with E-state index in [4.69, 9.17) is 10.5 Å². The molecule has 6 heteroatoms. The quantitative estimate of drug-likeness (QED) is 0.815. The van der Waals surface area contributed by atoms with Crippen molar-refractivity contribution in [2.24, 2.45) is 11.7 Å². The van der Waals surface area contributed by atoms with Crippen molar-refractivity contribution in [3.63, 3.8) is 0 Å². The average Bonchev–Trinajstić information content (AvgIpc) is 2.79. The SMILES string of the molecule is CC1=C(C)C(C(N)=O)C(NC(=O)COc2cc(C)ccc2C(C)C)S1. The fourth-order valence-corrected chi connectivity index (χ4v) is 4.22. The molecule has 1 aliphatic rings. The Kier molecular flexibility index (Phi) is 6.16. The first-order valence-corrected chi connectivity index (χ1v) is 9.24. The van der Waals surface area contributed by atoms with Crippen molar-refractivity contribution in [3.8, 4) is 5.75 Å². The molecule has 0 aromatic heterocycles. The van der Waals surface area contributed by atoms with Gasteiger partial charge in [-0.1, -0.05) is 26.0 Å². The van der Waals surface area contributed by atoms with Gasteiger partial charge >= 0.3 is 0 Å². The Morgan fingerprint density at radius 3 is 2.56 bits per heavy atom. The maximum atomic E-state index is 12.3. The van der Waals surface area contributed by atoms with E-state index in [1.165, 1.54) is 11.8 Å². The lowest BCUT2D eigenvalue weighted by Gasteiger charge is -2.20. The van der Waals surface area contributed by atoms with Crippen LogP contribution in [0.2, 0.25) is 0 Å². The first kappa shape index (κ1) is 19.4. The number of primary amides is 1. The predicted molar refractivity (Wildman–Crippen MR) is 101 cm³/mol. The summed E-state index contributed by atoms with van der Waals surface area (Å²) < 4.78 is 5.75. The van der Waals surface area contributed by atoms with E-state index in [0.717, 1.165) is 27.4 Å². The molecule has 2 rings (SSSR count). The summed E-state index contributed by atoms with van der Waals surface area (Å²) in [5.74, 6) is -0.130. The van der Waals surface area contributed by atoms with Crippen molar-refractivity contribution >= 4 is 23.6 Å². The zero-order valence-electron chi connectivity index (χ0n) is 15.4. The third-order valence-corrected chi connectivity index (χ3v) is 5.71. The van der Waals surface area contributed by atoms with Crippen LogP contribution >= 0.6 is 11.8 Å². The molecule has 1 heterocycles. The zero-order valence-corrected chi connectivity index (χ0v) is 16.2. The normalized spacial score (nSPS) is 20.1. The second-order valence-electron chi connectivity index (χ2n) is 6.71. The monoisotopic (exact) mass is 362 g/mol. The summed E-state index contributed by atoms with van der Waals surface area (Å²) in [4.78, 5) is 25.0. The maximum Gasteiger partial charge on any atom is 0.258 e. The lowest BCUT2D eigenvalue weighted by molar-refractivity contribution is -0.124. The van der Waals surface area contributed by atoms with Crippen molar-refractivity contribution in [2.45, 2.75) is 45.9 Å². The molecule has 2 amide bonds. The Bertz CT molecular complexity index is 713. The molecule has 0 saturated heterocycles. The van der Waals surface area contributed by atoms with Crippen LogP contribution in [-0.4, -0.2) is 23.8 Å². The number of rotatable bonds is 6. The van der Waals surface area contributed by atoms with Gasteiger partial charge in [0.05, 0.1) is 11.3 Å². The highest BCUT2D eigenvalue weighted by Gasteiger charge is 2.36. The van der Waals surface area contributed by atoms with Crippen LogP contribution in [0.4, 0.5) is 0 Å². The number of nitrogens with two attached hydrogens (primary N) is 1. The topological polar surface area (TPSA) is 81.4 Å². The fourth-order valence-electron chi connectivity index (χ4n) is 2.86. The molecule has 1 aliphatic heterocycles. The number of carbonyl (C=O) groups is 2. The molecule has 2 atom stereocenters.